The maximum atomic E-state index is 13.6. The Morgan fingerprint density at radius 2 is 1.62 bits per heavy atom. The average Bonchev–Trinajstić information content (AvgIpc) is 3.28. The van der Waals surface area contributed by atoms with Crippen LogP contribution in [0.1, 0.15) is 33.3 Å². The van der Waals surface area contributed by atoms with E-state index in [1.54, 1.807) is 36.7 Å². The average molecular weight is 483 g/mol. The first-order valence-corrected chi connectivity index (χ1v) is 13.0. The maximum absolute atomic E-state index is 13.6. The van der Waals surface area contributed by atoms with Crippen molar-refractivity contribution in [1.82, 2.24) is 8.96 Å². The first-order valence-electron chi connectivity index (χ1n) is 11.5. The molecule has 3 aromatic rings. The molecule has 0 saturated carbocycles. The molecule has 2 aromatic heterocycles. The number of benzene rings is 1. The third-order valence-electron chi connectivity index (χ3n) is 7.09. The van der Waals surface area contributed by atoms with Crippen molar-refractivity contribution >= 4 is 39.3 Å². The Morgan fingerprint density at radius 1 is 1.00 bits per heavy atom. The molecule has 180 valence electrons. The fourth-order valence-corrected chi connectivity index (χ4v) is 5.58. The van der Waals surface area contributed by atoms with Crippen LogP contribution in [0, 0.1) is 6.92 Å². The van der Waals surface area contributed by atoms with Gasteiger partial charge < -0.3 is 18.9 Å². The summed E-state index contributed by atoms with van der Waals surface area (Å²) in [4.78, 5) is 7.01. The predicted molar refractivity (Wildman–Crippen MR) is 132 cm³/mol. The molecule has 0 atom stereocenters. The highest BCUT2D eigenvalue weighted by Gasteiger charge is 2.52. The van der Waals surface area contributed by atoms with Gasteiger partial charge in [0.1, 0.15) is 0 Å². The maximum Gasteiger partial charge on any atom is 0.497 e. The van der Waals surface area contributed by atoms with E-state index in [0.717, 1.165) is 24.3 Å². The molecule has 2 aliphatic rings. The molecule has 2 fully saturated rings. The summed E-state index contributed by atoms with van der Waals surface area (Å²) in [6, 6.07) is 8.80. The molecule has 4 heterocycles. The molecule has 34 heavy (non-hydrogen) atoms. The van der Waals surface area contributed by atoms with Gasteiger partial charge in [0.05, 0.1) is 41.2 Å². The lowest BCUT2D eigenvalue weighted by Crippen LogP contribution is -2.41. The van der Waals surface area contributed by atoms with Crippen molar-refractivity contribution in [2.75, 3.05) is 31.2 Å². The lowest BCUT2D eigenvalue weighted by Gasteiger charge is -2.32. The summed E-state index contributed by atoms with van der Waals surface area (Å²) in [5, 5.41) is 0.693. The molecule has 10 heteroatoms. The van der Waals surface area contributed by atoms with Gasteiger partial charge in [0, 0.05) is 30.1 Å². The quantitative estimate of drug-likeness (QED) is 0.528. The van der Waals surface area contributed by atoms with E-state index in [-0.39, 0.29) is 4.90 Å². The van der Waals surface area contributed by atoms with Crippen LogP contribution in [0.3, 0.4) is 0 Å². The minimum atomic E-state index is -3.88. The molecular formula is C24H30BN3O5S. The number of ether oxygens (including phenoxy) is 1. The molecule has 1 aromatic carbocycles. The summed E-state index contributed by atoms with van der Waals surface area (Å²) in [6.07, 6.45) is 3.32. The van der Waals surface area contributed by atoms with Gasteiger partial charge in [-0.1, -0.05) is 17.7 Å². The molecule has 2 aliphatic heterocycles. The van der Waals surface area contributed by atoms with Crippen LogP contribution in [0.5, 0.6) is 0 Å². The van der Waals surface area contributed by atoms with Crippen molar-refractivity contribution in [3.05, 3.63) is 48.3 Å². The molecular weight excluding hydrogens is 453 g/mol. The molecule has 0 unspecified atom stereocenters. The molecule has 0 bridgehead atoms. The summed E-state index contributed by atoms with van der Waals surface area (Å²) in [5.41, 5.74) is 1.78. The van der Waals surface area contributed by atoms with Crippen LogP contribution in [0.15, 0.2) is 47.6 Å². The van der Waals surface area contributed by atoms with Crippen LogP contribution in [0.2, 0.25) is 0 Å². The zero-order chi connectivity index (χ0) is 24.3. The highest BCUT2D eigenvalue weighted by Crippen LogP contribution is 2.37. The van der Waals surface area contributed by atoms with Gasteiger partial charge in [-0.05, 0) is 52.8 Å². The van der Waals surface area contributed by atoms with Gasteiger partial charge >= 0.3 is 7.12 Å². The monoisotopic (exact) mass is 483 g/mol. The van der Waals surface area contributed by atoms with E-state index in [1.165, 1.54) is 3.97 Å². The summed E-state index contributed by atoms with van der Waals surface area (Å²) < 4.78 is 46.6. The standard InChI is InChI=1S/C24H30BN3O5S/c1-17-6-8-19(9-7-17)34(29,30)28-16-21(25-32-23(2,3)24(4,5)33-25)20-14-18(15-26-22(20)28)27-10-12-31-13-11-27/h6-9,14-16H,10-13H2,1-5H3. The third kappa shape index (κ3) is 3.82. The van der Waals surface area contributed by atoms with Crippen LogP contribution in [0.4, 0.5) is 5.69 Å². The summed E-state index contributed by atoms with van der Waals surface area (Å²) in [6.45, 7) is 12.6. The fourth-order valence-electron chi connectivity index (χ4n) is 4.25. The number of nitrogens with zero attached hydrogens (tertiary/aromatic N) is 3. The van der Waals surface area contributed by atoms with E-state index in [1.807, 2.05) is 40.7 Å². The molecule has 0 spiro atoms. The number of morpholine rings is 1. The fraction of sp³-hybridized carbons (Fsp3) is 0.458. The minimum absolute atomic E-state index is 0.203. The summed E-state index contributed by atoms with van der Waals surface area (Å²) >= 11 is 0. The van der Waals surface area contributed by atoms with E-state index < -0.39 is 28.3 Å². The van der Waals surface area contributed by atoms with Crippen LogP contribution in [-0.2, 0) is 24.1 Å². The Kier molecular flexibility index (Phi) is 5.55. The zero-order valence-corrected chi connectivity index (χ0v) is 21.1. The summed E-state index contributed by atoms with van der Waals surface area (Å²) in [5.74, 6) is 0. The number of pyridine rings is 1. The zero-order valence-electron chi connectivity index (χ0n) is 20.2. The van der Waals surface area contributed by atoms with Crippen molar-refractivity contribution < 1.29 is 22.5 Å². The van der Waals surface area contributed by atoms with Crippen molar-refractivity contribution in [1.29, 1.82) is 0 Å². The van der Waals surface area contributed by atoms with E-state index in [4.69, 9.17) is 14.0 Å². The van der Waals surface area contributed by atoms with E-state index in [0.29, 0.717) is 29.7 Å². The Morgan fingerprint density at radius 3 is 2.24 bits per heavy atom. The van der Waals surface area contributed by atoms with Crippen LogP contribution >= 0.6 is 0 Å². The lowest BCUT2D eigenvalue weighted by atomic mass is 9.79. The Labute approximate surface area is 201 Å². The summed E-state index contributed by atoms with van der Waals surface area (Å²) in [7, 11) is -4.60. The van der Waals surface area contributed by atoms with Crippen molar-refractivity contribution in [3.8, 4) is 0 Å². The second-order valence-corrected chi connectivity index (χ2v) is 11.8. The Balaban J connectivity index is 1.67. The van der Waals surface area contributed by atoms with Gasteiger partial charge in [-0.2, -0.15) is 0 Å². The molecule has 0 radical (unpaired) electrons. The van der Waals surface area contributed by atoms with Crippen LogP contribution < -0.4 is 10.4 Å². The first kappa shape index (κ1) is 23.4. The molecule has 0 amide bonds. The number of aryl methyl sites for hydroxylation is 1. The molecule has 0 N–H and O–H groups in total. The number of rotatable bonds is 4. The number of fused-ring (bicyclic) bond motifs is 1. The molecule has 2 saturated heterocycles. The van der Waals surface area contributed by atoms with E-state index in [2.05, 4.69) is 9.88 Å². The number of anilines is 1. The molecule has 8 nitrogen and oxygen atoms in total. The van der Waals surface area contributed by atoms with Crippen molar-refractivity contribution in [2.45, 2.75) is 50.7 Å². The van der Waals surface area contributed by atoms with Gasteiger partial charge in [0.2, 0.25) is 0 Å². The Bertz CT molecular complexity index is 1310. The highest BCUT2D eigenvalue weighted by molar-refractivity contribution is 7.90. The van der Waals surface area contributed by atoms with Gasteiger partial charge in [-0.3, -0.25) is 0 Å². The highest BCUT2D eigenvalue weighted by atomic mass is 32.2. The second kappa shape index (κ2) is 8.08. The largest absolute Gasteiger partial charge is 0.497 e. The number of hydrogen-bond donors (Lipinski definition) is 0. The van der Waals surface area contributed by atoms with Gasteiger partial charge in [-0.15, -0.1) is 0 Å². The first-order chi connectivity index (χ1) is 16.0. The van der Waals surface area contributed by atoms with Gasteiger partial charge in [0.25, 0.3) is 10.0 Å². The normalized spacial score (nSPS) is 20.3. The van der Waals surface area contributed by atoms with Crippen LogP contribution in [-0.4, -0.2) is 62.0 Å². The Hall–Kier alpha value is -2.40. The van der Waals surface area contributed by atoms with E-state index >= 15 is 0 Å². The molecule has 0 aliphatic carbocycles. The smallest absolute Gasteiger partial charge is 0.399 e. The van der Waals surface area contributed by atoms with Gasteiger partial charge in [-0.25, -0.2) is 17.4 Å². The lowest BCUT2D eigenvalue weighted by molar-refractivity contribution is 0.00578. The molecule has 5 rings (SSSR count). The van der Waals surface area contributed by atoms with Crippen molar-refractivity contribution in [2.24, 2.45) is 0 Å². The second-order valence-electron chi connectivity index (χ2n) is 9.95. The third-order valence-corrected chi connectivity index (χ3v) is 8.75. The topological polar surface area (TPSA) is 82.9 Å². The SMILES string of the molecule is Cc1ccc(S(=O)(=O)n2cc(B3OC(C)(C)C(C)(C)O3)c3cc(N4CCOCC4)cnc32)cc1. The van der Waals surface area contributed by atoms with Crippen molar-refractivity contribution in [3.63, 3.8) is 0 Å². The number of hydrogen-bond acceptors (Lipinski definition) is 7. The van der Waals surface area contributed by atoms with Crippen LogP contribution in [0.25, 0.3) is 11.0 Å². The van der Waals surface area contributed by atoms with E-state index in [9.17, 15) is 8.42 Å². The minimum Gasteiger partial charge on any atom is -0.399 e. The van der Waals surface area contributed by atoms with Gasteiger partial charge in [0.15, 0.2) is 5.65 Å². The predicted octanol–water partition coefficient (Wildman–Crippen LogP) is 2.72. The number of aromatic nitrogens is 2.